The van der Waals surface area contributed by atoms with E-state index in [9.17, 15) is 9.59 Å². The normalized spacial score (nSPS) is 13.8. The first-order valence-electron chi connectivity index (χ1n) is 6.66. The summed E-state index contributed by atoms with van der Waals surface area (Å²) in [5.74, 6) is -1.50. The second-order valence-electron chi connectivity index (χ2n) is 5.38. The molecular formula is C15H17ClN2O4. The molecule has 3 N–H and O–H groups in total. The Balaban J connectivity index is 2.29. The number of para-hydroxylation sites is 1. The van der Waals surface area contributed by atoms with Crippen LogP contribution in [0.3, 0.4) is 0 Å². The Morgan fingerprint density at radius 2 is 2.09 bits per heavy atom. The van der Waals surface area contributed by atoms with Crippen molar-refractivity contribution in [2.75, 3.05) is 13.7 Å². The molecule has 1 heterocycles. The van der Waals surface area contributed by atoms with E-state index in [2.05, 4.69) is 10.3 Å². The number of amides is 1. The molecule has 0 saturated carbocycles. The molecule has 2 aromatic rings. The van der Waals surface area contributed by atoms with Crippen LogP contribution < -0.4 is 5.32 Å². The van der Waals surface area contributed by atoms with Crippen LogP contribution in [-0.4, -0.2) is 41.2 Å². The van der Waals surface area contributed by atoms with Crippen LogP contribution in [-0.2, 0) is 9.53 Å². The quantitative estimate of drug-likeness (QED) is 0.761. The zero-order valence-corrected chi connectivity index (χ0v) is 13.0. The van der Waals surface area contributed by atoms with Gasteiger partial charge in [0.25, 0.3) is 5.91 Å². The molecule has 1 atom stereocenters. The number of rotatable bonds is 6. The van der Waals surface area contributed by atoms with Crippen molar-refractivity contribution in [2.24, 2.45) is 0 Å². The van der Waals surface area contributed by atoms with Gasteiger partial charge in [-0.05, 0) is 13.0 Å². The van der Waals surface area contributed by atoms with E-state index < -0.39 is 17.4 Å². The zero-order valence-electron chi connectivity index (χ0n) is 12.3. The summed E-state index contributed by atoms with van der Waals surface area (Å²) < 4.78 is 5.01. The number of H-pyrrole nitrogens is 1. The molecule has 0 aliphatic rings. The average Bonchev–Trinajstić information content (AvgIpc) is 2.76. The average molecular weight is 325 g/mol. The number of fused-ring (bicyclic) bond motifs is 1. The molecule has 2 rings (SSSR count). The Morgan fingerprint density at radius 1 is 1.41 bits per heavy atom. The molecule has 0 saturated heterocycles. The lowest BCUT2D eigenvalue weighted by Gasteiger charge is -2.28. The van der Waals surface area contributed by atoms with Gasteiger partial charge in [-0.2, -0.15) is 0 Å². The molecule has 118 valence electrons. The summed E-state index contributed by atoms with van der Waals surface area (Å²) in [6, 6.07) is 7.26. The number of methoxy groups -OCH3 is 1. The fourth-order valence-electron chi connectivity index (χ4n) is 2.38. The van der Waals surface area contributed by atoms with Gasteiger partial charge in [0.2, 0.25) is 0 Å². The van der Waals surface area contributed by atoms with Gasteiger partial charge in [0.1, 0.15) is 5.69 Å². The lowest BCUT2D eigenvalue weighted by molar-refractivity contribution is -0.139. The van der Waals surface area contributed by atoms with E-state index in [1.807, 2.05) is 18.2 Å². The zero-order chi connectivity index (χ0) is 16.3. The highest BCUT2D eigenvalue weighted by Gasteiger charge is 2.31. The van der Waals surface area contributed by atoms with Crippen LogP contribution in [0.15, 0.2) is 24.3 Å². The predicted molar refractivity (Wildman–Crippen MR) is 83.3 cm³/mol. The molecule has 1 aromatic carbocycles. The lowest BCUT2D eigenvalue weighted by Crippen LogP contribution is -2.50. The summed E-state index contributed by atoms with van der Waals surface area (Å²) in [4.78, 5) is 26.4. The maximum atomic E-state index is 12.4. The molecular weight excluding hydrogens is 308 g/mol. The number of benzene rings is 1. The predicted octanol–water partition coefficient (Wildman–Crippen LogP) is 2.43. The molecule has 22 heavy (non-hydrogen) atoms. The minimum atomic E-state index is -1.03. The Bertz CT molecular complexity index is 713. The van der Waals surface area contributed by atoms with Gasteiger partial charge in [-0.15, -0.1) is 0 Å². The third-order valence-corrected chi connectivity index (χ3v) is 3.68. The minimum Gasteiger partial charge on any atom is -0.481 e. The Morgan fingerprint density at radius 3 is 2.68 bits per heavy atom. The van der Waals surface area contributed by atoms with Gasteiger partial charge in [-0.1, -0.05) is 29.8 Å². The number of aliphatic carboxylic acids is 1. The van der Waals surface area contributed by atoms with E-state index in [1.165, 1.54) is 7.11 Å². The highest BCUT2D eigenvalue weighted by molar-refractivity contribution is 6.38. The first kappa shape index (κ1) is 16.3. The van der Waals surface area contributed by atoms with Crippen LogP contribution in [0.25, 0.3) is 10.9 Å². The monoisotopic (exact) mass is 324 g/mol. The number of hydrogen-bond donors (Lipinski definition) is 3. The third-order valence-electron chi connectivity index (χ3n) is 3.29. The van der Waals surface area contributed by atoms with Crippen LogP contribution in [0, 0.1) is 0 Å². The maximum Gasteiger partial charge on any atom is 0.305 e. The highest BCUT2D eigenvalue weighted by atomic mass is 35.5. The molecule has 6 nitrogen and oxygen atoms in total. The van der Waals surface area contributed by atoms with Crippen molar-refractivity contribution in [3.8, 4) is 0 Å². The minimum absolute atomic E-state index is 0.0723. The number of carboxylic acids is 1. The van der Waals surface area contributed by atoms with Crippen molar-refractivity contribution >= 4 is 34.4 Å². The summed E-state index contributed by atoms with van der Waals surface area (Å²) in [5, 5.41) is 12.7. The summed E-state index contributed by atoms with van der Waals surface area (Å²) in [6.07, 6.45) is -0.259. The first-order chi connectivity index (χ1) is 10.4. The number of hydrogen-bond acceptors (Lipinski definition) is 3. The fraction of sp³-hybridized carbons (Fsp3) is 0.333. The topological polar surface area (TPSA) is 91.4 Å². The van der Waals surface area contributed by atoms with Crippen molar-refractivity contribution in [3.05, 3.63) is 35.0 Å². The van der Waals surface area contributed by atoms with Crippen molar-refractivity contribution in [2.45, 2.75) is 18.9 Å². The molecule has 0 aliphatic heterocycles. The van der Waals surface area contributed by atoms with Gasteiger partial charge in [0.15, 0.2) is 0 Å². The highest BCUT2D eigenvalue weighted by Crippen LogP contribution is 2.27. The van der Waals surface area contributed by atoms with Crippen LogP contribution in [0.4, 0.5) is 0 Å². The largest absolute Gasteiger partial charge is 0.481 e. The van der Waals surface area contributed by atoms with Crippen LogP contribution >= 0.6 is 11.6 Å². The summed E-state index contributed by atoms with van der Waals surface area (Å²) in [7, 11) is 1.45. The molecule has 1 unspecified atom stereocenters. The second-order valence-corrected chi connectivity index (χ2v) is 5.76. The molecule has 0 radical (unpaired) electrons. The Labute approximate surface area is 132 Å². The second kappa shape index (κ2) is 6.37. The van der Waals surface area contributed by atoms with Gasteiger partial charge in [0.05, 0.1) is 23.6 Å². The van der Waals surface area contributed by atoms with E-state index in [4.69, 9.17) is 21.4 Å². The smallest absolute Gasteiger partial charge is 0.305 e. The number of aromatic nitrogens is 1. The molecule has 1 amide bonds. The number of nitrogens with one attached hydrogen (secondary N) is 2. The number of ether oxygens (including phenoxy) is 1. The van der Waals surface area contributed by atoms with Gasteiger partial charge in [-0.25, -0.2) is 0 Å². The van der Waals surface area contributed by atoms with E-state index in [0.29, 0.717) is 5.02 Å². The number of carboxylic acid groups (broad SMARTS) is 1. The summed E-state index contributed by atoms with van der Waals surface area (Å²) >= 11 is 6.22. The summed E-state index contributed by atoms with van der Waals surface area (Å²) in [6.45, 7) is 1.68. The van der Waals surface area contributed by atoms with Crippen LogP contribution in [0.1, 0.15) is 23.8 Å². The van der Waals surface area contributed by atoms with Crippen molar-refractivity contribution in [1.82, 2.24) is 10.3 Å². The van der Waals surface area contributed by atoms with Gasteiger partial charge < -0.3 is 20.1 Å². The van der Waals surface area contributed by atoms with E-state index in [-0.39, 0.29) is 18.7 Å². The molecule has 7 heteroatoms. The van der Waals surface area contributed by atoms with Crippen molar-refractivity contribution < 1.29 is 19.4 Å². The maximum absolute atomic E-state index is 12.4. The first-order valence-corrected chi connectivity index (χ1v) is 7.03. The van der Waals surface area contributed by atoms with E-state index in [1.54, 1.807) is 13.0 Å². The van der Waals surface area contributed by atoms with E-state index >= 15 is 0 Å². The fourth-order valence-corrected chi connectivity index (χ4v) is 2.68. The third kappa shape index (κ3) is 3.40. The Kier molecular flexibility index (Phi) is 4.73. The number of carbonyl (C=O) groups is 2. The number of carbonyl (C=O) groups excluding carboxylic acids is 1. The Hall–Kier alpha value is -2.05. The summed E-state index contributed by atoms with van der Waals surface area (Å²) in [5.41, 5.74) is -0.0851. The van der Waals surface area contributed by atoms with Gasteiger partial charge in [-0.3, -0.25) is 9.59 Å². The van der Waals surface area contributed by atoms with Crippen molar-refractivity contribution in [1.29, 1.82) is 0 Å². The van der Waals surface area contributed by atoms with E-state index in [0.717, 1.165) is 10.9 Å². The number of halogens is 1. The molecule has 0 spiro atoms. The molecule has 0 bridgehead atoms. The molecule has 0 aliphatic carbocycles. The molecule has 0 fully saturated rings. The standard InChI is InChI=1S/C15H17ClN2O4/c1-15(8-22-2,7-11(19)20)18-14(21)13-12(16)9-5-3-4-6-10(9)17-13/h3-6,17H,7-8H2,1-2H3,(H,18,21)(H,19,20). The van der Waals surface area contributed by atoms with Crippen LogP contribution in [0.2, 0.25) is 5.02 Å². The molecule has 1 aromatic heterocycles. The van der Waals surface area contributed by atoms with Crippen molar-refractivity contribution in [3.63, 3.8) is 0 Å². The lowest BCUT2D eigenvalue weighted by atomic mass is 9.98. The van der Waals surface area contributed by atoms with Gasteiger partial charge in [0, 0.05) is 18.0 Å². The SMILES string of the molecule is COCC(C)(CC(=O)O)NC(=O)c1[nH]c2ccccc2c1Cl. The van der Waals surface area contributed by atoms with Gasteiger partial charge >= 0.3 is 5.97 Å². The number of aromatic amines is 1. The van der Waals surface area contributed by atoms with Crippen LogP contribution in [0.5, 0.6) is 0 Å².